The molecule has 28 heavy (non-hydrogen) atoms. The Morgan fingerprint density at radius 2 is 1.96 bits per heavy atom. The average Bonchev–Trinajstić information content (AvgIpc) is 3.26. The Balaban J connectivity index is 1.74. The minimum Gasteiger partial charge on any atom is -0.497 e. The van der Waals surface area contributed by atoms with Crippen LogP contribution in [0.3, 0.4) is 0 Å². The number of nitrogens with one attached hydrogen (secondary N) is 4. The Labute approximate surface area is 164 Å². The zero-order valence-electron chi connectivity index (χ0n) is 16.0. The number of hydrogen-bond acceptors (Lipinski definition) is 5. The predicted octanol–water partition coefficient (Wildman–Crippen LogP) is 2.57. The van der Waals surface area contributed by atoms with Gasteiger partial charge in [-0.25, -0.2) is 0 Å². The highest BCUT2D eigenvalue weighted by Gasteiger charge is 2.20. The Morgan fingerprint density at radius 3 is 2.64 bits per heavy atom. The van der Waals surface area contributed by atoms with E-state index in [0.717, 1.165) is 34.7 Å². The lowest BCUT2D eigenvalue weighted by Gasteiger charge is -2.19. The van der Waals surface area contributed by atoms with Gasteiger partial charge in [0.15, 0.2) is 0 Å². The molecule has 0 spiro atoms. The number of ether oxygens (including phenoxy) is 1. The fourth-order valence-electron chi connectivity index (χ4n) is 2.89. The number of H-pyrrole nitrogens is 1. The maximum Gasteiger partial charge on any atom is 0.246 e. The molecular formula is C21H25N5O2. The van der Waals surface area contributed by atoms with E-state index in [4.69, 9.17) is 4.74 Å². The van der Waals surface area contributed by atoms with E-state index in [1.165, 1.54) is 0 Å². The first-order valence-electron chi connectivity index (χ1n) is 9.13. The zero-order valence-corrected chi connectivity index (χ0v) is 16.0. The Kier molecular flexibility index (Phi) is 6.78. The first kappa shape index (κ1) is 19.6. The van der Waals surface area contributed by atoms with Gasteiger partial charge >= 0.3 is 0 Å². The summed E-state index contributed by atoms with van der Waals surface area (Å²) in [7, 11) is 3.49. The molecule has 1 unspecified atom stereocenters. The molecule has 0 fully saturated rings. The van der Waals surface area contributed by atoms with Crippen LogP contribution in [0.15, 0.2) is 60.9 Å². The highest BCUT2D eigenvalue weighted by Crippen LogP contribution is 2.23. The van der Waals surface area contributed by atoms with Crippen LogP contribution >= 0.6 is 0 Å². The summed E-state index contributed by atoms with van der Waals surface area (Å²) in [4.78, 5) is 13.0. The van der Waals surface area contributed by atoms with Gasteiger partial charge in [-0.15, -0.1) is 0 Å². The van der Waals surface area contributed by atoms with E-state index in [1.807, 2.05) is 61.8 Å². The number of aromatic amines is 1. The molecule has 0 saturated carbocycles. The first-order chi connectivity index (χ1) is 13.7. The lowest BCUT2D eigenvalue weighted by atomic mass is 10.0. The topological polar surface area (TPSA) is 91.1 Å². The van der Waals surface area contributed by atoms with Crippen LogP contribution in [0.5, 0.6) is 5.75 Å². The fraction of sp³-hybridized carbons (Fsp3) is 0.238. The van der Waals surface area contributed by atoms with Crippen molar-refractivity contribution in [1.82, 2.24) is 20.8 Å². The molecule has 7 nitrogen and oxygen atoms in total. The molecule has 0 radical (unpaired) electrons. The van der Waals surface area contributed by atoms with Crippen molar-refractivity contribution >= 4 is 11.6 Å². The van der Waals surface area contributed by atoms with Crippen molar-refractivity contribution in [3.8, 4) is 16.9 Å². The van der Waals surface area contributed by atoms with Crippen molar-refractivity contribution in [3.63, 3.8) is 0 Å². The van der Waals surface area contributed by atoms with E-state index < -0.39 is 6.04 Å². The van der Waals surface area contributed by atoms with Crippen LogP contribution in [0.25, 0.3) is 11.1 Å². The van der Waals surface area contributed by atoms with Crippen molar-refractivity contribution in [2.75, 3.05) is 32.6 Å². The molecule has 1 heterocycles. The largest absolute Gasteiger partial charge is 0.497 e. The number of amides is 1. The molecule has 3 aromatic rings. The molecule has 0 aliphatic rings. The minimum absolute atomic E-state index is 0.125. The fourth-order valence-corrected chi connectivity index (χ4v) is 2.89. The lowest BCUT2D eigenvalue weighted by Crippen LogP contribution is -2.36. The van der Waals surface area contributed by atoms with Crippen molar-refractivity contribution in [2.45, 2.75) is 6.04 Å². The number of benzene rings is 2. The maximum absolute atomic E-state index is 13.0. The van der Waals surface area contributed by atoms with Crippen molar-refractivity contribution < 1.29 is 9.53 Å². The van der Waals surface area contributed by atoms with E-state index in [9.17, 15) is 4.79 Å². The van der Waals surface area contributed by atoms with Crippen LogP contribution in [0.4, 0.5) is 5.69 Å². The summed E-state index contributed by atoms with van der Waals surface area (Å²) >= 11 is 0. The number of anilines is 1. The molecule has 2 aromatic carbocycles. The molecule has 4 N–H and O–H groups in total. The summed E-state index contributed by atoms with van der Waals surface area (Å²) in [6.07, 6.45) is 3.59. The molecular weight excluding hydrogens is 354 g/mol. The predicted molar refractivity (Wildman–Crippen MR) is 110 cm³/mol. The second kappa shape index (κ2) is 9.68. The van der Waals surface area contributed by atoms with Gasteiger partial charge in [-0.05, 0) is 42.4 Å². The minimum atomic E-state index is -0.489. The van der Waals surface area contributed by atoms with Crippen LogP contribution < -0.4 is 20.7 Å². The summed E-state index contributed by atoms with van der Waals surface area (Å²) in [6, 6.07) is 14.7. The number of carbonyl (C=O) groups excluding carboxylic acids is 1. The quantitative estimate of drug-likeness (QED) is 0.429. The number of carbonyl (C=O) groups is 1. The molecule has 3 rings (SSSR count). The molecule has 7 heteroatoms. The van der Waals surface area contributed by atoms with Crippen molar-refractivity contribution in [1.29, 1.82) is 0 Å². The van der Waals surface area contributed by atoms with Crippen molar-refractivity contribution in [2.24, 2.45) is 0 Å². The standard InChI is InChI=1S/C21H25N5O2/c1-22-10-11-23-20(16-4-3-5-19(12-16)28-2)21(27)26-18-8-6-15(7-9-18)17-13-24-25-14-17/h3-9,12-14,20,22-23H,10-11H2,1-2H3,(H,24,25)(H,26,27). The van der Waals surface area contributed by atoms with E-state index in [-0.39, 0.29) is 5.91 Å². The molecule has 1 aromatic heterocycles. The van der Waals surface area contributed by atoms with Gasteiger partial charge < -0.3 is 20.7 Å². The first-order valence-corrected chi connectivity index (χ1v) is 9.13. The highest BCUT2D eigenvalue weighted by molar-refractivity contribution is 5.95. The number of methoxy groups -OCH3 is 1. The monoisotopic (exact) mass is 379 g/mol. The van der Waals surface area contributed by atoms with Crippen LogP contribution in [-0.4, -0.2) is 43.4 Å². The van der Waals surface area contributed by atoms with Gasteiger partial charge in [-0.1, -0.05) is 24.3 Å². The van der Waals surface area contributed by atoms with Gasteiger partial charge in [0.2, 0.25) is 5.91 Å². The third-order valence-electron chi connectivity index (χ3n) is 4.40. The number of hydrogen-bond donors (Lipinski definition) is 4. The zero-order chi connectivity index (χ0) is 19.8. The molecule has 0 aliphatic heterocycles. The van der Waals surface area contributed by atoms with Crippen LogP contribution in [0.1, 0.15) is 11.6 Å². The SMILES string of the molecule is CNCCNC(C(=O)Nc1ccc(-c2cn[nH]c2)cc1)c1cccc(OC)c1. The highest BCUT2D eigenvalue weighted by atomic mass is 16.5. The average molecular weight is 379 g/mol. The molecule has 146 valence electrons. The number of likely N-dealkylation sites (N-methyl/N-ethyl adjacent to an activating group) is 1. The van der Waals surface area contributed by atoms with Crippen molar-refractivity contribution in [3.05, 3.63) is 66.5 Å². The van der Waals surface area contributed by atoms with E-state index in [1.54, 1.807) is 13.3 Å². The second-order valence-electron chi connectivity index (χ2n) is 6.32. The molecule has 1 atom stereocenters. The maximum atomic E-state index is 13.0. The Bertz CT molecular complexity index is 878. The van der Waals surface area contributed by atoms with E-state index in [2.05, 4.69) is 26.1 Å². The lowest BCUT2D eigenvalue weighted by molar-refractivity contribution is -0.118. The van der Waals surface area contributed by atoms with Gasteiger partial charge in [-0.3, -0.25) is 9.89 Å². The molecule has 1 amide bonds. The van der Waals surface area contributed by atoms with E-state index >= 15 is 0 Å². The third kappa shape index (κ3) is 4.97. The smallest absolute Gasteiger partial charge is 0.246 e. The summed E-state index contributed by atoms with van der Waals surface area (Å²) < 4.78 is 5.30. The third-order valence-corrected chi connectivity index (χ3v) is 4.40. The Morgan fingerprint density at radius 1 is 1.14 bits per heavy atom. The summed E-state index contributed by atoms with van der Waals surface area (Å²) in [6.45, 7) is 1.42. The van der Waals surface area contributed by atoms with Crippen LogP contribution in [0.2, 0.25) is 0 Å². The Hall–Kier alpha value is -3.16. The van der Waals surface area contributed by atoms with Gasteiger partial charge in [0.25, 0.3) is 0 Å². The normalized spacial score (nSPS) is 11.8. The second-order valence-corrected chi connectivity index (χ2v) is 6.32. The van der Waals surface area contributed by atoms with Gasteiger partial charge in [-0.2, -0.15) is 5.10 Å². The molecule has 0 bridgehead atoms. The summed E-state index contributed by atoms with van der Waals surface area (Å²) in [5.41, 5.74) is 3.62. The van der Waals surface area contributed by atoms with Crippen LogP contribution in [0, 0.1) is 0 Å². The van der Waals surface area contributed by atoms with Crippen LogP contribution in [-0.2, 0) is 4.79 Å². The molecule has 0 saturated heterocycles. The van der Waals surface area contributed by atoms with Gasteiger partial charge in [0, 0.05) is 30.5 Å². The summed E-state index contributed by atoms with van der Waals surface area (Å²) in [5.74, 6) is 0.593. The van der Waals surface area contributed by atoms with Gasteiger partial charge in [0.1, 0.15) is 11.8 Å². The van der Waals surface area contributed by atoms with E-state index in [0.29, 0.717) is 6.54 Å². The van der Waals surface area contributed by atoms with Gasteiger partial charge in [0.05, 0.1) is 13.3 Å². The number of nitrogens with zero attached hydrogens (tertiary/aromatic N) is 1. The number of aromatic nitrogens is 2. The number of rotatable bonds is 9. The molecule has 0 aliphatic carbocycles. The summed E-state index contributed by atoms with van der Waals surface area (Å²) in [5, 5.41) is 16.1.